The molecule has 0 aliphatic carbocycles. The Morgan fingerprint density at radius 1 is 1.42 bits per heavy atom. The highest BCUT2D eigenvalue weighted by Crippen LogP contribution is 2.24. The number of hydrogen-bond donors (Lipinski definition) is 1. The molecule has 0 aliphatic rings. The molecule has 1 amide bonds. The summed E-state index contributed by atoms with van der Waals surface area (Å²) in [5.41, 5.74) is -0.282. The predicted octanol–water partition coefficient (Wildman–Crippen LogP) is 4.25. The summed E-state index contributed by atoms with van der Waals surface area (Å²) in [4.78, 5) is 12.1. The van der Waals surface area contributed by atoms with Crippen LogP contribution in [0, 0.1) is 11.2 Å². The fourth-order valence-corrected chi connectivity index (χ4v) is 2.24. The molecule has 5 heteroatoms. The Labute approximate surface area is 123 Å². The summed E-state index contributed by atoms with van der Waals surface area (Å²) >= 11 is 11.6. The van der Waals surface area contributed by atoms with E-state index < -0.39 is 11.7 Å². The van der Waals surface area contributed by atoms with Crippen molar-refractivity contribution in [3.8, 4) is 0 Å². The van der Waals surface area contributed by atoms with Crippen LogP contribution >= 0.6 is 23.2 Å². The molecule has 0 heterocycles. The molecule has 106 valence electrons. The molecule has 2 nitrogen and oxygen atoms in total. The standard InChI is InChI=1S/C14H18Cl2FNO/c1-14(2,3)11(7-8-15)18-13(19)12-9(16)5-4-6-10(12)17/h4-6,11H,7-8H2,1-3H3,(H,18,19). The molecular weight excluding hydrogens is 288 g/mol. The summed E-state index contributed by atoms with van der Waals surface area (Å²) in [6.45, 7) is 5.98. The molecule has 1 unspecified atom stereocenters. The van der Waals surface area contributed by atoms with E-state index in [1.807, 2.05) is 20.8 Å². The summed E-state index contributed by atoms with van der Waals surface area (Å²) in [5.74, 6) is -0.704. The minimum absolute atomic E-state index is 0.107. The maximum atomic E-state index is 13.7. The highest BCUT2D eigenvalue weighted by atomic mass is 35.5. The van der Waals surface area contributed by atoms with E-state index in [1.54, 1.807) is 0 Å². The largest absolute Gasteiger partial charge is 0.349 e. The number of carbonyl (C=O) groups is 1. The lowest BCUT2D eigenvalue weighted by atomic mass is 9.85. The highest BCUT2D eigenvalue weighted by Gasteiger charge is 2.27. The fraction of sp³-hybridized carbons (Fsp3) is 0.500. The van der Waals surface area contributed by atoms with Gasteiger partial charge in [0.05, 0.1) is 10.6 Å². The molecule has 0 aromatic heterocycles. The van der Waals surface area contributed by atoms with E-state index in [4.69, 9.17) is 23.2 Å². The molecule has 1 aromatic carbocycles. The molecule has 0 spiro atoms. The zero-order valence-corrected chi connectivity index (χ0v) is 12.8. The molecule has 0 saturated carbocycles. The molecule has 0 aliphatic heterocycles. The van der Waals surface area contributed by atoms with E-state index in [-0.39, 0.29) is 22.0 Å². The summed E-state index contributed by atoms with van der Waals surface area (Å²) in [5, 5.41) is 2.92. The Morgan fingerprint density at radius 2 is 2.05 bits per heavy atom. The quantitative estimate of drug-likeness (QED) is 0.828. The summed E-state index contributed by atoms with van der Waals surface area (Å²) in [6.07, 6.45) is 0.614. The third-order valence-corrected chi connectivity index (χ3v) is 3.47. The second kappa shape index (κ2) is 6.58. The van der Waals surface area contributed by atoms with Crippen molar-refractivity contribution in [3.05, 3.63) is 34.6 Å². The van der Waals surface area contributed by atoms with Gasteiger partial charge in [-0.25, -0.2) is 4.39 Å². The van der Waals surface area contributed by atoms with E-state index in [2.05, 4.69) is 5.32 Å². The molecule has 1 atom stereocenters. The number of carbonyl (C=O) groups excluding carboxylic acids is 1. The van der Waals surface area contributed by atoms with Gasteiger partial charge < -0.3 is 5.32 Å². The number of halogens is 3. The SMILES string of the molecule is CC(C)(C)C(CCCl)NC(=O)c1c(F)cccc1Cl. The van der Waals surface area contributed by atoms with Crippen molar-refractivity contribution in [2.45, 2.75) is 33.2 Å². The van der Waals surface area contributed by atoms with Crippen molar-refractivity contribution in [3.63, 3.8) is 0 Å². The molecular formula is C14H18Cl2FNO. The number of amides is 1. The molecule has 19 heavy (non-hydrogen) atoms. The summed E-state index contributed by atoms with van der Waals surface area (Å²) < 4.78 is 13.7. The monoisotopic (exact) mass is 305 g/mol. The molecule has 0 bridgehead atoms. The van der Waals surface area contributed by atoms with Gasteiger partial charge in [-0.1, -0.05) is 38.4 Å². The van der Waals surface area contributed by atoms with Crippen molar-refractivity contribution >= 4 is 29.1 Å². The summed E-state index contributed by atoms with van der Waals surface area (Å²) in [7, 11) is 0. The number of rotatable bonds is 4. The van der Waals surface area contributed by atoms with E-state index in [0.717, 1.165) is 0 Å². The lowest BCUT2D eigenvalue weighted by Crippen LogP contribution is -2.44. The number of benzene rings is 1. The van der Waals surface area contributed by atoms with Crippen LogP contribution in [-0.2, 0) is 0 Å². The lowest BCUT2D eigenvalue weighted by molar-refractivity contribution is 0.0896. The zero-order chi connectivity index (χ0) is 14.6. The van der Waals surface area contributed by atoms with Crippen molar-refractivity contribution in [2.24, 2.45) is 5.41 Å². The summed E-state index contributed by atoms with van der Waals surface area (Å²) in [6, 6.07) is 4.03. The van der Waals surface area contributed by atoms with Gasteiger partial charge in [0.15, 0.2) is 0 Å². The van der Waals surface area contributed by atoms with Crippen LogP contribution in [0.15, 0.2) is 18.2 Å². The normalized spacial score (nSPS) is 13.2. The smallest absolute Gasteiger partial charge is 0.256 e. The Hall–Kier alpha value is -0.800. The van der Waals surface area contributed by atoms with E-state index in [1.165, 1.54) is 18.2 Å². The van der Waals surface area contributed by atoms with Crippen molar-refractivity contribution < 1.29 is 9.18 Å². The predicted molar refractivity (Wildman–Crippen MR) is 77.5 cm³/mol. The first-order valence-electron chi connectivity index (χ1n) is 6.08. The second-order valence-corrected chi connectivity index (χ2v) is 6.25. The van der Waals surface area contributed by atoms with Crippen LogP contribution in [0.1, 0.15) is 37.6 Å². The minimum Gasteiger partial charge on any atom is -0.349 e. The van der Waals surface area contributed by atoms with Crippen LogP contribution in [0.4, 0.5) is 4.39 Å². The number of hydrogen-bond acceptors (Lipinski definition) is 1. The van der Waals surface area contributed by atoms with Crippen LogP contribution < -0.4 is 5.32 Å². The number of alkyl halides is 1. The van der Waals surface area contributed by atoms with Gasteiger partial charge in [0.2, 0.25) is 0 Å². The number of nitrogens with one attached hydrogen (secondary N) is 1. The van der Waals surface area contributed by atoms with Crippen LogP contribution in [-0.4, -0.2) is 17.8 Å². The maximum absolute atomic E-state index is 13.7. The van der Waals surface area contributed by atoms with Gasteiger partial charge in [-0.05, 0) is 24.0 Å². The van der Waals surface area contributed by atoms with Crippen LogP contribution in [0.25, 0.3) is 0 Å². The first-order chi connectivity index (χ1) is 8.77. The lowest BCUT2D eigenvalue weighted by Gasteiger charge is -2.31. The van der Waals surface area contributed by atoms with E-state index in [9.17, 15) is 9.18 Å². The molecule has 1 N–H and O–H groups in total. The van der Waals surface area contributed by atoms with Gasteiger partial charge in [-0.3, -0.25) is 4.79 Å². The molecule has 0 radical (unpaired) electrons. The first kappa shape index (κ1) is 16.3. The maximum Gasteiger partial charge on any atom is 0.256 e. The van der Waals surface area contributed by atoms with Gasteiger partial charge in [0, 0.05) is 11.9 Å². The van der Waals surface area contributed by atoms with Gasteiger partial charge in [0.1, 0.15) is 5.82 Å². The van der Waals surface area contributed by atoms with Crippen LogP contribution in [0.5, 0.6) is 0 Å². The van der Waals surface area contributed by atoms with Crippen LogP contribution in [0.2, 0.25) is 5.02 Å². The third kappa shape index (κ3) is 4.36. The van der Waals surface area contributed by atoms with E-state index >= 15 is 0 Å². The van der Waals surface area contributed by atoms with Gasteiger partial charge in [-0.15, -0.1) is 11.6 Å². The van der Waals surface area contributed by atoms with Crippen molar-refractivity contribution in [1.82, 2.24) is 5.32 Å². The van der Waals surface area contributed by atoms with Gasteiger partial charge in [-0.2, -0.15) is 0 Å². The fourth-order valence-electron chi connectivity index (χ4n) is 1.78. The average molecular weight is 306 g/mol. The zero-order valence-electron chi connectivity index (χ0n) is 11.3. The van der Waals surface area contributed by atoms with Crippen LogP contribution in [0.3, 0.4) is 0 Å². The third-order valence-electron chi connectivity index (χ3n) is 2.94. The molecule has 0 fully saturated rings. The van der Waals surface area contributed by atoms with Crippen molar-refractivity contribution in [2.75, 3.05) is 5.88 Å². The second-order valence-electron chi connectivity index (χ2n) is 5.47. The molecule has 1 aromatic rings. The van der Waals surface area contributed by atoms with Gasteiger partial charge in [0.25, 0.3) is 5.91 Å². The molecule has 0 saturated heterocycles. The minimum atomic E-state index is -0.622. The Balaban J connectivity index is 2.95. The van der Waals surface area contributed by atoms with E-state index in [0.29, 0.717) is 12.3 Å². The average Bonchev–Trinajstić information content (AvgIpc) is 2.27. The van der Waals surface area contributed by atoms with Gasteiger partial charge >= 0.3 is 0 Å². The Bertz CT molecular complexity index is 437. The van der Waals surface area contributed by atoms with Crippen molar-refractivity contribution in [1.29, 1.82) is 0 Å². The molecule has 1 rings (SSSR count). The Morgan fingerprint density at radius 3 is 2.53 bits per heavy atom. The topological polar surface area (TPSA) is 29.1 Å². The Kier molecular flexibility index (Phi) is 5.63. The first-order valence-corrected chi connectivity index (χ1v) is 6.99. The highest BCUT2D eigenvalue weighted by molar-refractivity contribution is 6.33.